The summed E-state index contributed by atoms with van der Waals surface area (Å²) < 4.78 is 21.2. The van der Waals surface area contributed by atoms with Gasteiger partial charge in [0.2, 0.25) is 5.88 Å². The predicted molar refractivity (Wildman–Crippen MR) is 107 cm³/mol. The average molecular weight is 390 g/mol. The molecule has 0 aromatic carbocycles. The fourth-order valence-corrected chi connectivity index (χ4v) is 2.28. The van der Waals surface area contributed by atoms with Crippen LogP contribution < -0.4 is 15.4 Å². The van der Waals surface area contributed by atoms with Gasteiger partial charge in [0, 0.05) is 39.1 Å². The molecule has 0 atom stereocenters. The summed E-state index contributed by atoms with van der Waals surface area (Å²) in [6, 6.07) is 7.57. The second-order valence-corrected chi connectivity index (χ2v) is 5.95. The molecule has 8 heteroatoms. The van der Waals surface area contributed by atoms with E-state index < -0.39 is 0 Å². The van der Waals surface area contributed by atoms with Gasteiger partial charge in [-0.1, -0.05) is 6.07 Å². The molecular formula is C20H30N4O4. The third-order valence-corrected chi connectivity index (χ3v) is 3.68. The number of pyridine rings is 1. The summed E-state index contributed by atoms with van der Waals surface area (Å²) >= 11 is 0. The lowest BCUT2D eigenvalue weighted by Crippen LogP contribution is -2.38. The van der Waals surface area contributed by atoms with Crippen LogP contribution >= 0.6 is 0 Å². The number of methoxy groups -OCH3 is 1. The molecule has 0 fully saturated rings. The molecule has 154 valence electrons. The smallest absolute Gasteiger partial charge is 0.213 e. The molecule has 0 amide bonds. The van der Waals surface area contributed by atoms with E-state index in [1.165, 1.54) is 0 Å². The number of nitrogens with one attached hydrogen (secondary N) is 2. The van der Waals surface area contributed by atoms with E-state index in [0.717, 1.165) is 36.8 Å². The summed E-state index contributed by atoms with van der Waals surface area (Å²) in [5.41, 5.74) is 1.01. The Morgan fingerprint density at radius 1 is 1.18 bits per heavy atom. The predicted octanol–water partition coefficient (Wildman–Crippen LogP) is 2.36. The lowest BCUT2D eigenvalue weighted by Gasteiger charge is -2.11. The molecule has 0 aliphatic carbocycles. The Morgan fingerprint density at radius 3 is 2.82 bits per heavy atom. The Labute approximate surface area is 166 Å². The quantitative estimate of drug-likeness (QED) is 0.308. The van der Waals surface area contributed by atoms with Crippen molar-refractivity contribution < 1.29 is 18.6 Å². The molecule has 2 heterocycles. The maximum atomic E-state index is 5.57. The van der Waals surface area contributed by atoms with E-state index in [1.54, 1.807) is 19.6 Å². The number of nitrogens with zero attached hydrogens (tertiary/aromatic N) is 2. The number of hydrogen-bond acceptors (Lipinski definition) is 6. The van der Waals surface area contributed by atoms with E-state index >= 15 is 0 Å². The van der Waals surface area contributed by atoms with Crippen LogP contribution in [-0.4, -0.2) is 51.0 Å². The molecule has 0 radical (unpaired) electrons. The second kappa shape index (κ2) is 13.6. The number of aliphatic imine (C=N–C) groups is 1. The Bertz CT molecular complexity index is 659. The molecule has 8 nitrogen and oxygen atoms in total. The highest BCUT2D eigenvalue weighted by Crippen LogP contribution is 2.08. The van der Waals surface area contributed by atoms with Crippen LogP contribution in [0.5, 0.6) is 5.88 Å². The van der Waals surface area contributed by atoms with E-state index in [-0.39, 0.29) is 0 Å². The van der Waals surface area contributed by atoms with Gasteiger partial charge in [-0.15, -0.1) is 0 Å². The van der Waals surface area contributed by atoms with Gasteiger partial charge in [-0.2, -0.15) is 0 Å². The Kier molecular flexibility index (Phi) is 10.5. The van der Waals surface area contributed by atoms with Crippen LogP contribution in [0.15, 0.2) is 46.1 Å². The van der Waals surface area contributed by atoms with Gasteiger partial charge in [-0.05, 0) is 31.0 Å². The first-order valence-corrected chi connectivity index (χ1v) is 9.50. The third-order valence-electron chi connectivity index (χ3n) is 3.68. The van der Waals surface area contributed by atoms with Crippen LogP contribution in [0.2, 0.25) is 0 Å². The molecule has 28 heavy (non-hydrogen) atoms. The SMILES string of the molecule is CCNC(=NCc1ccc(OCCOC)nc1)NCCCOCc1ccco1. The van der Waals surface area contributed by atoms with Gasteiger partial charge in [-0.25, -0.2) is 9.98 Å². The second-order valence-electron chi connectivity index (χ2n) is 5.95. The molecule has 2 aromatic rings. The van der Waals surface area contributed by atoms with E-state index in [0.29, 0.717) is 38.9 Å². The molecule has 0 aliphatic heterocycles. The summed E-state index contributed by atoms with van der Waals surface area (Å²) in [5.74, 6) is 2.20. The van der Waals surface area contributed by atoms with Crippen molar-refractivity contribution in [1.82, 2.24) is 15.6 Å². The molecule has 2 rings (SSSR count). The van der Waals surface area contributed by atoms with Gasteiger partial charge < -0.3 is 29.3 Å². The molecule has 0 aliphatic rings. The first-order valence-electron chi connectivity index (χ1n) is 9.50. The minimum absolute atomic E-state index is 0.487. The lowest BCUT2D eigenvalue weighted by atomic mass is 10.3. The van der Waals surface area contributed by atoms with Gasteiger partial charge in [0.15, 0.2) is 5.96 Å². The van der Waals surface area contributed by atoms with E-state index in [4.69, 9.17) is 18.6 Å². The van der Waals surface area contributed by atoms with E-state index in [9.17, 15) is 0 Å². The molecule has 0 saturated carbocycles. The lowest BCUT2D eigenvalue weighted by molar-refractivity contribution is 0.105. The van der Waals surface area contributed by atoms with Crippen LogP contribution in [-0.2, 0) is 22.6 Å². The molecule has 0 bridgehead atoms. The van der Waals surface area contributed by atoms with Crippen molar-refractivity contribution in [2.24, 2.45) is 4.99 Å². The Hall–Kier alpha value is -2.58. The fourth-order valence-electron chi connectivity index (χ4n) is 2.28. The van der Waals surface area contributed by atoms with E-state index in [2.05, 4.69) is 20.6 Å². The fraction of sp³-hybridized carbons (Fsp3) is 0.500. The van der Waals surface area contributed by atoms with Crippen LogP contribution in [0.3, 0.4) is 0 Å². The van der Waals surface area contributed by atoms with Crippen molar-refractivity contribution in [1.29, 1.82) is 0 Å². The first-order chi connectivity index (χ1) is 13.8. The number of aromatic nitrogens is 1. The van der Waals surface area contributed by atoms with Crippen molar-refractivity contribution in [3.8, 4) is 5.88 Å². The molecular weight excluding hydrogens is 360 g/mol. The standard InChI is InChI=1S/C20H30N4O4/c1-3-21-20(22-9-5-10-26-16-18-6-4-11-27-18)24-15-17-7-8-19(23-14-17)28-13-12-25-2/h4,6-8,11,14H,3,5,9-10,12-13,15-16H2,1-2H3,(H2,21,22,24). The highest BCUT2D eigenvalue weighted by atomic mass is 16.5. The summed E-state index contributed by atoms with van der Waals surface area (Å²) in [7, 11) is 1.64. The van der Waals surface area contributed by atoms with Crippen LogP contribution in [0, 0.1) is 0 Å². The Morgan fingerprint density at radius 2 is 2.11 bits per heavy atom. The average Bonchev–Trinajstić information content (AvgIpc) is 3.23. The minimum Gasteiger partial charge on any atom is -0.475 e. The summed E-state index contributed by atoms with van der Waals surface area (Å²) in [5, 5.41) is 6.54. The largest absolute Gasteiger partial charge is 0.475 e. The van der Waals surface area contributed by atoms with Crippen LogP contribution in [0.1, 0.15) is 24.7 Å². The van der Waals surface area contributed by atoms with Crippen LogP contribution in [0.25, 0.3) is 0 Å². The monoisotopic (exact) mass is 390 g/mol. The molecule has 0 saturated heterocycles. The zero-order valence-electron chi connectivity index (χ0n) is 16.6. The van der Waals surface area contributed by atoms with Gasteiger partial charge in [-0.3, -0.25) is 0 Å². The highest BCUT2D eigenvalue weighted by molar-refractivity contribution is 5.79. The molecule has 0 unspecified atom stereocenters. The summed E-state index contributed by atoms with van der Waals surface area (Å²) in [4.78, 5) is 8.86. The van der Waals surface area contributed by atoms with Gasteiger partial charge in [0.1, 0.15) is 19.0 Å². The topological polar surface area (TPSA) is 90.1 Å². The molecule has 2 aromatic heterocycles. The minimum atomic E-state index is 0.487. The number of rotatable bonds is 13. The van der Waals surface area contributed by atoms with Gasteiger partial charge in [0.25, 0.3) is 0 Å². The first kappa shape index (κ1) is 21.7. The van der Waals surface area contributed by atoms with Crippen LogP contribution in [0.4, 0.5) is 0 Å². The van der Waals surface area contributed by atoms with Crippen molar-refractivity contribution in [3.05, 3.63) is 48.0 Å². The summed E-state index contributed by atoms with van der Waals surface area (Å²) in [6.07, 6.45) is 4.30. The zero-order chi connectivity index (χ0) is 19.9. The number of guanidine groups is 1. The van der Waals surface area contributed by atoms with Crippen molar-refractivity contribution in [2.75, 3.05) is 40.0 Å². The van der Waals surface area contributed by atoms with Gasteiger partial charge in [0.05, 0.1) is 19.4 Å². The van der Waals surface area contributed by atoms with Crippen molar-refractivity contribution in [2.45, 2.75) is 26.5 Å². The number of ether oxygens (including phenoxy) is 3. The van der Waals surface area contributed by atoms with Crippen molar-refractivity contribution >= 4 is 5.96 Å². The maximum Gasteiger partial charge on any atom is 0.213 e. The molecule has 2 N–H and O–H groups in total. The van der Waals surface area contributed by atoms with E-state index in [1.807, 2.05) is 31.2 Å². The number of furan rings is 1. The normalized spacial score (nSPS) is 11.4. The zero-order valence-corrected chi connectivity index (χ0v) is 16.6. The third kappa shape index (κ3) is 8.88. The van der Waals surface area contributed by atoms with Crippen molar-refractivity contribution in [3.63, 3.8) is 0 Å². The highest BCUT2D eigenvalue weighted by Gasteiger charge is 2.00. The summed E-state index contributed by atoms with van der Waals surface area (Å²) in [6.45, 7) is 6.33. The maximum absolute atomic E-state index is 5.57. The molecule has 0 spiro atoms. The Balaban J connectivity index is 1.67. The van der Waals surface area contributed by atoms with Gasteiger partial charge >= 0.3 is 0 Å². The number of hydrogen-bond donors (Lipinski definition) is 2.